The fraction of sp³-hybridized carbons (Fsp3) is 0.667. The van der Waals surface area contributed by atoms with Gasteiger partial charge in [0, 0.05) is 18.0 Å². The first kappa shape index (κ1) is 8.81. The van der Waals surface area contributed by atoms with Gasteiger partial charge in [-0.3, -0.25) is 0 Å². The van der Waals surface area contributed by atoms with Gasteiger partial charge in [0.2, 0.25) is 0 Å². The first-order valence-corrected chi connectivity index (χ1v) is 5.63. The molecule has 0 aliphatic carbocycles. The molecule has 1 aromatic rings. The summed E-state index contributed by atoms with van der Waals surface area (Å²) in [5.41, 5.74) is 5.60. The molecule has 0 saturated carbocycles. The Bertz CT molecular complexity index is 284. The standard InChI is InChI=1S/C9H15N3S/c1-7-4-2-3-5-12(7)9-11-8(10)6-13-9/h6-7H,2-5,10H2,1H3/t7-/m0/s1. The number of nitrogens with two attached hydrogens (primary N) is 1. The number of piperidine rings is 1. The van der Waals surface area contributed by atoms with E-state index in [0.29, 0.717) is 11.9 Å². The number of nitrogens with zero attached hydrogens (tertiary/aromatic N) is 2. The summed E-state index contributed by atoms with van der Waals surface area (Å²) in [4.78, 5) is 6.67. The molecule has 0 amide bonds. The van der Waals surface area contributed by atoms with Gasteiger partial charge < -0.3 is 10.6 Å². The van der Waals surface area contributed by atoms with Crippen LogP contribution in [-0.2, 0) is 0 Å². The highest BCUT2D eigenvalue weighted by atomic mass is 32.1. The summed E-state index contributed by atoms with van der Waals surface area (Å²) in [5, 5.41) is 3.00. The van der Waals surface area contributed by atoms with E-state index >= 15 is 0 Å². The fourth-order valence-corrected chi connectivity index (χ4v) is 2.63. The van der Waals surface area contributed by atoms with Gasteiger partial charge in [-0.25, -0.2) is 4.98 Å². The average Bonchev–Trinajstić information content (AvgIpc) is 2.53. The Morgan fingerprint density at radius 2 is 2.46 bits per heavy atom. The monoisotopic (exact) mass is 197 g/mol. The molecule has 4 heteroatoms. The summed E-state index contributed by atoms with van der Waals surface area (Å²) in [5.74, 6) is 0.651. The molecule has 13 heavy (non-hydrogen) atoms. The third-order valence-electron chi connectivity index (χ3n) is 2.56. The number of rotatable bonds is 1. The van der Waals surface area contributed by atoms with E-state index in [0.717, 1.165) is 11.7 Å². The number of hydrogen-bond acceptors (Lipinski definition) is 4. The van der Waals surface area contributed by atoms with E-state index in [-0.39, 0.29) is 0 Å². The van der Waals surface area contributed by atoms with Crippen molar-refractivity contribution in [1.29, 1.82) is 0 Å². The first-order chi connectivity index (χ1) is 6.27. The highest BCUT2D eigenvalue weighted by molar-refractivity contribution is 7.14. The number of hydrogen-bond donors (Lipinski definition) is 1. The van der Waals surface area contributed by atoms with Crippen LogP contribution in [0.2, 0.25) is 0 Å². The second-order valence-corrected chi connectivity index (χ2v) is 4.43. The van der Waals surface area contributed by atoms with Gasteiger partial charge in [-0.2, -0.15) is 0 Å². The summed E-state index contributed by atoms with van der Waals surface area (Å²) < 4.78 is 0. The number of nitrogen functional groups attached to an aromatic ring is 1. The van der Waals surface area contributed by atoms with E-state index in [9.17, 15) is 0 Å². The van der Waals surface area contributed by atoms with Gasteiger partial charge in [0.25, 0.3) is 0 Å². The van der Waals surface area contributed by atoms with Crippen LogP contribution < -0.4 is 10.6 Å². The van der Waals surface area contributed by atoms with Crippen LogP contribution in [0.3, 0.4) is 0 Å². The van der Waals surface area contributed by atoms with Crippen molar-refractivity contribution in [3.05, 3.63) is 5.38 Å². The van der Waals surface area contributed by atoms with E-state index in [4.69, 9.17) is 5.73 Å². The third kappa shape index (κ3) is 1.77. The molecule has 0 unspecified atom stereocenters. The van der Waals surface area contributed by atoms with Crippen LogP contribution in [0.1, 0.15) is 26.2 Å². The summed E-state index contributed by atoms with van der Waals surface area (Å²) >= 11 is 1.65. The van der Waals surface area contributed by atoms with Crippen LogP contribution in [0.4, 0.5) is 10.9 Å². The lowest BCUT2D eigenvalue weighted by molar-refractivity contribution is 0.484. The van der Waals surface area contributed by atoms with Crippen molar-refractivity contribution in [2.75, 3.05) is 17.2 Å². The highest BCUT2D eigenvalue weighted by Crippen LogP contribution is 2.28. The van der Waals surface area contributed by atoms with E-state index in [1.54, 1.807) is 11.3 Å². The van der Waals surface area contributed by atoms with Crippen molar-refractivity contribution in [2.24, 2.45) is 0 Å². The molecule has 1 aliphatic heterocycles. The predicted octanol–water partition coefficient (Wildman–Crippen LogP) is 2.10. The molecule has 2 rings (SSSR count). The topological polar surface area (TPSA) is 42.2 Å². The van der Waals surface area contributed by atoms with Crippen LogP contribution in [0, 0.1) is 0 Å². The maximum absolute atomic E-state index is 5.60. The average molecular weight is 197 g/mol. The summed E-state index contributed by atoms with van der Waals surface area (Å²) in [6, 6.07) is 0.624. The molecular weight excluding hydrogens is 182 g/mol. The summed E-state index contributed by atoms with van der Waals surface area (Å²) in [6.45, 7) is 3.39. The Labute approximate surface area is 82.6 Å². The number of thiazole rings is 1. The predicted molar refractivity (Wildman–Crippen MR) is 57.2 cm³/mol. The molecule has 1 saturated heterocycles. The Kier molecular flexibility index (Phi) is 2.40. The van der Waals surface area contributed by atoms with E-state index in [1.165, 1.54) is 19.3 Å². The molecule has 3 nitrogen and oxygen atoms in total. The van der Waals surface area contributed by atoms with Crippen LogP contribution in [0.25, 0.3) is 0 Å². The Morgan fingerprint density at radius 1 is 1.62 bits per heavy atom. The van der Waals surface area contributed by atoms with Crippen LogP contribution in [0.5, 0.6) is 0 Å². The second-order valence-electron chi connectivity index (χ2n) is 3.59. The third-order valence-corrected chi connectivity index (χ3v) is 3.45. The number of aromatic nitrogens is 1. The molecular formula is C9H15N3S. The van der Waals surface area contributed by atoms with Crippen molar-refractivity contribution in [2.45, 2.75) is 32.2 Å². The molecule has 2 N–H and O–H groups in total. The Morgan fingerprint density at radius 3 is 3.08 bits per heavy atom. The lowest BCUT2D eigenvalue weighted by Crippen LogP contribution is -2.37. The van der Waals surface area contributed by atoms with Crippen molar-refractivity contribution in [1.82, 2.24) is 4.98 Å². The normalized spacial score (nSPS) is 23.5. The van der Waals surface area contributed by atoms with Gasteiger partial charge in [-0.05, 0) is 26.2 Å². The molecule has 1 fully saturated rings. The van der Waals surface area contributed by atoms with E-state index < -0.39 is 0 Å². The van der Waals surface area contributed by atoms with Gasteiger partial charge in [0.1, 0.15) is 5.82 Å². The van der Waals surface area contributed by atoms with Gasteiger partial charge in [-0.15, -0.1) is 11.3 Å². The molecule has 0 spiro atoms. The SMILES string of the molecule is C[C@H]1CCCCN1c1nc(N)cs1. The maximum Gasteiger partial charge on any atom is 0.187 e. The Hall–Kier alpha value is -0.770. The smallest absolute Gasteiger partial charge is 0.187 e. The molecule has 2 heterocycles. The molecule has 0 bridgehead atoms. The maximum atomic E-state index is 5.60. The second kappa shape index (κ2) is 3.54. The summed E-state index contributed by atoms with van der Waals surface area (Å²) in [6.07, 6.45) is 3.90. The zero-order valence-corrected chi connectivity index (χ0v) is 8.68. The van der Waals surface area contributed by atoms with Crippen molar-refractivity contribution < 1.29 is 0 Å². The lowest BCUT2D eigenvalue weighted by atomic mass is 10.1. The molecule has 72 valence electrons. The van der Waals surface area contributed by atoms with Crippen LogP contribution in [-0.4, -0.2) is 17.6 Å². The quantitative estimate of drug-likeness (QED) is 0.749. The van der Waals surface area contributed by atoms with Gasteiger partial charge in [0.15, 0.2) is 5.13 Å². The molecule has 0 radical (unpaired) electrons. The van der Waals surface area contributed by atoms with Gasteiger partial charge >= 0.3 is 0 Å². The van der Waals surface area contributed by atoms with E-state index in [1.807, 2.05) is 5.38 Å². The minimum absolute atomic E-state index is 0.624. The van der Waals surface area contributed by atoms with Crippen LogP contribution in [0.15, 0.2) is 5.38 Å². The van der Waals surface area contributed by atoms with Crippen LogP contribution >= 0.6 is 11.3 Å². The fourth-order valence-electron chi connectivity index (χ4n) is 1.79. The number of anilines is 2. The van der Waals surface area contributed by atoms with Crippen molar-refractivity contribution in [3.8, 4) is 0 Å². The molecule has 1 aromatic heterocycles. The lowest BCUT2D eigenvalue weighted by Gasteiger charge is -2.32. The van der Waals surface area contributed by atoms with Gasteiger partial charge in [-0.1, -0.05) is 0 Å². The first-order valence-electron chi connectivity index (χ1n) is 4.75. The minimum atomic E-state index is 0.624. The van der Waals surface area contributed by atoms with Gasteiger partial charge in [0.05, 0.1) is 0 Å². The zero-order chi connectivity index (χ0) is 9.26. The molecule has 0 aromatic carbocycles. The summed E-state index contributed by atoms with van der Waals surface area (Å²) in [7, 11) is 0. The molecule has 1 aliphatic rings. The van der Waals surface area contributed by atoms with Crippen molar-refractivity contribution in [3.63, 3.8) is 0 Å². The van der Waals surface area contributed by atoms with Crippen molar-refractivity contribution >= 4 is 22.3 Å². The largest absolute Gasteiger partial charge is 0.383 e. The van der Waals surface area contributed by atoms with E-state index in [2.05, 4.69) is 16.8 Å². The highest BCUT2D eigenvalue weighted by Gasteiger charge is 2.20. The zero-order valence-electron chi connectivity index (χ0n) is 7.86. The molecule has 1 atom stereocenters. The minimum Gasteiger partial charge on any atom is -0.383 e. The Balaban J connectivity index is 2.14.